The molecule has 0 spiro atoms. The lowest BCUT2D eigenvalue weighted by molar-refractivity contribution is -0.132. The number of benzene rings is 2. The topological polar surface area (TPSA) is 248 Å². The Bertz CT molecular complexity index is 2130. The standard InChI is InChI=1S/C28H44N4O4S.C25H34N6O4S/c1-21(33)30-15-5-12-28(13-6-16-31-22(2)34,14-7-17-32-23(3)35)20-26(36)18-24-8-10-25(11-9-24)19-27(37)29-4;1-16(32)26-12-21-9-25(30-24(35)8-19-4-6-20(7-5-19)29-15-36)10-22(13-27-17(2)33)31(21)23(11-25)14-28-18(3)34/h8-11H,5-7,12-20H2,1-4H3,(H,29,37)(H,30,33)(H,31,34)(H,32,35);4-7,21-23H,8-14H2,1-3H3,(H,26,32)(H,27,33)(H,28,34)(H,30,35)/t;21-,22+,23?,25?. The molecule has 0 saturated carbocycles. The summed E-state index contributed by atoms with van der Waals surface area (Å²) in [5.41, 5.74) is 2.79. The zero-order valence-electron chi connectivity index (χ0n) is 43.8. The maximum Gasteiger partial charge on any atom is 0.224 e. The Hall–Kier alpha value is -5.95. The van der Waals surface area contributed by atoms with Crippen molar-refractivity contribution >= 4 is 87.4 Å². The van der Waals surface area contributed by atoms with Gasteiger partial charge in [0, 0.05) is 131 Å². The Kier molecular flexibility index (Phi) is 26.6. The van der Waals surface area contributed by atoms with Crippen molar-refractivity contribution in [3.05, 3.63) is 65.2 Å². The van der Waals surface area contributed by atoms with Crippen LogP contribution in [0.5, 0.6) is 0 Å². The molecule has 5 atom stereocenters. The number of amides is 7. The van der Waals surface area contributed by atoms with Gasteiger partial charge in [0.15, 0.2) is 0 Å². The zero-order valence-corrected chi connectivity index (χ0v) is 45.4. The van der Waals surface area contributed by atoms with Gasteiger partial charge in [0.25, 0.3) is 0 Å². The van der Waals surface area contributed by atoms with Gasteiger partial charge in [-0.05, 0) is 104 Å². The van der Waals surface area contributed by atoms with Gasteiger partial charge in [0.05, 0.1) is 22.3 Å². The summed E-state index contributed by atoms with van der Waals surface area (Å²) >= 11 is 9.87. The molecule has 5 rings (SSSR count). The minimum absolute atomic E-state index is 0.0546. The largest absolute Gasteiger partial charge is 0.382 e. The van der Waals surface area contributed by atoms with Crippen LogP contribution in [0.4, 0.5) is 5.69 Å². The van der Waals surface area contributed by atoms with Gasteiger partial charge in [-0.3, -0.25) is 43.3 Å². The average molecular weight is 1050 g/mol. The lowest BCUT2D eigenvalue weighted by Crippen LogP contribution is -2.75. The van der Waals surface area contributed by atoms with Gasteiger partial charge >= 0.3 is 0 Å². The second-order valence-electron chi connectivity index (χ2n) is 19.5. The van der Waals surface area contributed by atoms with E-state index in [1.54, 1.807) is 12.1 Å². The molecule has 3 aliphatic rings. The van der Waals surface area contributed by atoms with Crippen LogP contribution < -0.4 is 42.5 Å². The molecule has 8 N–H and O–H groups in total. The first kappa shape index (κ1) is 61.4. The molecule has 3 heterocycles. The number of nitrogens with zero attached hydrogens (tertiary/aromatic N) is 2. The third-order valence-corrected chi connectivity index (χ3v) is 13.6. The van der Waals surface area contributed by atoms with E-state index >= 15 is 0 Å². The molecule has 0 aliphatic carbocycles. The van der Waals surface area contributed by atoms with Crippen LogP contribution >= 0.6 is 24.4 Å². The molecule has 0 radical (unpaired) electrons. The number of carbonyl (C=O) groups excluding carboxylic acids is 8. The van der Waals surface area contributed by atoms with Crippen LogP contribution in [0.3, 0.4) is 0 Å². The lowest BCUT2D eigenvalue weighted by Gasteiger charge is -2.60. The van der Waals surface area contributed by atoms with Crippen molar-refractivity contribution in [2.24, 2.45) is 10.4 Å². The smallest absolute Gasteiger partial charge is 0.224 e. The monoisotopic (exact) mass is 1050 g/mol. The second-order valence-corrected chi connectivity index (χ2v) is 20.2. The predicted molar refractivity (Wildman–Crippen MR) is 290 cm³/mol. The number of hydrogen-bond acceptors (Lipinski definition) is 12. The molecule has 2 aromatic rings. The number of likely N-dealkylation sites (N-methyl/N-ethyl adjacent to an activating group) is 1. The fraction of sp³-hybridized carbons (Fsp3) is 0.585. The summed E-state index contributed by atoms with van der Waals surface area (Å²) in [4.78, 5) is 103. The van der Waals surface area contributed by atoms with E-state index in [1.165, 1.54) is 41.5 Å². The molecule has 7 amide bonds. The molecular weight excluding hydrogens is 969 g/mol. The van der Waals surface area contributed by atoms with Crippen molar-refractivity contribution in [3.63, 3.8) is 0 Å². The first-order valence-electron chi connectivity index (χ1n) is 25.2. The summed E-state index contributed by atoms with van der Waals surface area (Å²) in [5.74, 6) is -0.550. The maximum atomic E-state index is 13.3. The number of carbonyl (C=O) groups is 8. The number of piperidine rings is 3. The summed E-state index contributed by atoms with van der Waals surface area (Å²) < 4.78 is 0. The van der Waals surface area contributed by atoms with Crippen LogP contribution in [0.25, 0.3) is 0 Å². The third kappa shape index (κ3) is 23.6. The molecule has 400 valence electrons. The summed E-state index contributed by atoms with van der Waals surface area (Å²) in [7, 11) is 1.81. The van der Waals surface area contributed by atoms with Crippen molar-refractivity contribution in [3.8, 4) is 0 Å². The number of ketones is 1. The van der Waals surface area contributed by atoms with Gasteiger partial charge in [-0.1, -0.05) is 48.6 Å². The average Bonchev–Trinajstić information content (AvgIpc) is 3.32. The van der Waals surface area contributed by atoms with E-state index < -0.39 is 5.54 Å². The molecule has 0 aromatic heterocycles. The summed E-state index contributed by atoms with van der Waals surface area (Å²) in [6, 6.07) is 15.1. The number of aliphatic imine (C=N–C) groups is 1. The molecule has 73 heavy (non-hydrogen) atoms. The second kappa shape index (κ2) is 31.6. The highest BCUT2D eigenvalue weighted by Gasteiger charge is 2.54. The van der Waals surface area contributed by atoms with Gasteiger partial charge < -0.3 is 42.5 Å². The minimum Gasteiger partial charge on any atom is -0.382 e. The highest BCUT2D eigenvalue weighted by atomic mass is 32.1. The molecule has 2 bridgehead atoms. The zero-order chi connectivity index (χ0) is 54.0. The first-order chi connectivity index (χ1) is 34.7. The number of fused-ring (bicyclic) bond motifs is 3. The number of hydrogen-bond donors (Lipinski definition) is 8. The van der Waals surface area contributed by atoms with Gasteiger partial charge in [0.1, 0.15) is 5.78 Å². The molecular formula is C53H78N10O8S2. The lowest BCUT2D eigenvalue weighted by atomic mass is 9.69. The number of thiocarbonyl (C=S) groups is 2. The molecule has 3 aliphatic heterocycles. The molecule has 20 heteroatoms. The minimum atomic E-state index is -0.525. The van der Waals surface area contributed by atoms with Gasteiger partial charge in [-0.2, -0.15) is 4.99 Å². The van der Waals surface area contributed by atoms with E-state index in [4.69, 9.17) is 12.2 Å². The van der Waals surface area contributed by atoms with E-state index in [-0.39, 0.29) is 77.1 Å². The van der Waals surface area contributed by atoms with Crippen LogP contribution in [-0.4, -0.2) is 132 Å². The van der Waals surface area contributed by atoms with E-state index in [0.717, 1.165) is 60.2 Å². The van der Waals surface area contributed by atoms with Crippen molar-refractivity contribution < 1.29 is 38.4 Å². The van der Waals surface area contributed by atoms with Crippen LogP contribution in [0.1, 0.15) is 122 Å². The summed E-state index contributed by atoms with van der Waals surface area (Å²) in [5, 5.41) is 25.9. The van der Waals surface area contributed by atoms with Crippen LogP contribution in [-0.2, 0) is 57.6 Å². The molecule has 3 unspecified atom stereocenters. The fourth-order valence-corrected chi connectivity index (χ4v) is 10.4. The quantitative estimate of drug-likeness (QED) is 0.0344. The SMILES string of the molecule is CC(=O)NCC1CC2(NC(=O)Cc3ccc(N=C=S)cc3)C[C@@H](CNC(C)=O)N1[C@@H](CNC(C)=O)C2.CNC(=S)Cc1ccc(CC(=O)CC(CCCNC(C)=O)(CCCNC(C)=O)CCCNC(C)=O)cc1. The third-order valence-electron chi connectivity index (χ3n) is 13.2. The Morgan fingerprint density at radius 3 is 1.33 bits per heavy atom. The van der Waals surface area contributed by atoms with E-state index in [1.807, 2.05) is 43.4 Å². The molecule has 18 nitrogen and oxygen atoms in total. The Morgan fingerprint density at radius 1 is 0.589 bits per heavy atom. The Morgan fingerprint density at radius 2 is 0.959 bits per heavy atom. The molecule has 2 aromatic carbocycles. The number of nitrogens with one attached hydrogen (secondary N) is 8. The van der Waals surface area contributed by atoms with Crippen molar-refractivity contribution in [2.75, 3.05) is 46.3 Å². The molecule has 3 fully saturated rings. The summed E-state index contributed by atoms with van der Waals surface area (Å²) in [6.07, 6.45) is 8.22. The normalized spacial score (nSPS) is 18.5. The Balaban J connectivity index is 0.000000385. The highest BCUT2D eigenvalue weighted by molar-refractivity contribution is 7.80. The van der Waals surface area contributed by atoms with Crippen molar-refractivity contribution in [1.82, 2.24) is 47.4 Å². The van der Waals surface area contributed by atoms with Crippen LogP contribution in [0.2, 0.25) is 0 Å². The first-order valence-corrected chi connectivity index (χ1v) is 26.0. The van der Waals surface area contributed by atoms with Crippen LogP contribution in [0.15, 0.2) is 53.5 Å². The fourth-order valence-electron chi connectivity index (χ4n) is 10.1. The van der Waals surface area contributed by atoms with Crippen LogP contribution in [0, 0.1) is 5.41 Å². The highest BCUT2D eigenvalue weighted by Crippen LogP contribution is 2.43. The van der Waals surface area contributed by atoms with Gasteiger partial charge in [-0.25, -0.2) is 0 Å². The predicted octanol–water partition coefficient (Wildman–Crippen LogP) is 3.84. The number of rotatable bonds is 28. The number of Topliss-reactive ketones (excluding diaryl/α,β-unsaturated/α-hetero) is 1. The van der Waals surface area contributed by atoms with E-state index in [2.05, 4.69) is 69.8 Å². The summed E-state index contributed by atoms with van der Waals surface area (Å²) in [6.45, 7) is 11.8. The van der Waals surface area contributed by atoms with Crippen molar-refractivity contribution in [1.29, 1.82) is 0 Å². The van der Waals surface area contributed by atoms with Gasteiger partial charge in [-0.15, -0.1) is 0 Å². The maximum absolute atomic E-state index is 13.3. The number of isothiocyanates is 1. The van der Waals surface area contributed by atoms with E-state index in [9.17, 15) is 38.4 Å². The Labute approximate surface area is 442 Å². The molecule has 3 saturated heterocycles. The van der Waals surface area contributed by atoms with E-state index in [0.29, 0.717) is 83.5 Å². The van der Waals surface area contributed by atoms with Crippen molar-refractivity contribution in [2.45, 2.75) is 149 Å². The van der Waals surface area contributed by atoms with Gasteiger partial charge in [0.2, 0.25) is 41.4 Å².